The van der Waals surface area contributed by atoms with E-state index in [4.69, 9.17) is 23.7 Å². The number of aliphatic hydroxyl groups excluding tert-OH is 1. The summed E-state index contributed by atoms with van der Waals surface area (Å²) in [5, 5.41) is 9.28. The quantitative estimate of drug-likeness (QED) is 0.173. The van der Waals surface area contributed by atoms with Crippen molar-refractivity contribution in [1.82, 2.24) is 0 Å². The van der Waals surface area contributed by atoms with Gasteiger partial charge in [0.2, 0.25) is 0 Å². The first kappa shape index (κ1) is 32.8. The Morgan fingerprint density at radius 1 is 0.611 bits per heavy atom. The van der Waals surface area contributed by atoms with E-state index < -0.39 is 6.10 Å². The summed E-state index contributed by atoms with van der Waals surface area (Å²) >= 11 is 0. The van der Waals surface area contributed by atoms with Gasteiger partial charge in [0, 0.05) is 0 Å². The van der Waals surface area contributed by atoms with Gasteiger partial charge in [0.25, 0.3) is 0 Å². The summed E-state index contributed by atoms with van der Waals surface area (Å²) in [5.74, 6) is 0.973. The molecule has 5 unspecified atom stereocenters. The van der Waals surface area contributed by atoms with Crippen molar-refractivity contribution in [2.75, 3.05) is 33.0 Å². The van der Waals surface area contributed by atoms with Crippen LogP contribution in [0.15, 0.2) is 24.3 Å². The average molecular weight is 511 g/mol. The summed E-state index contributed by atoms with van der Waals surface area (Å²) in [6, 6.07) is 8.37. The Kier molecular flexibility index (Phi) is 19.0. The molecule has 0 bridgehead atoms. The highest BCUT2D eigenvalue weighted by atomic mass is 16.6. The Labute approximate surface area is 221 Å². The third kappa shape index (κ3) is 17.3. The Bertz CT molecular complexity index is 638. The van der Waals surface area contributed by atoms with Crippen LogP contribution in [0, 0.1) is 0 Å². The van der Waals surface area contributed by atoms with Crippen molar-refractivity contribution in [2.24, 2.45) is 0 Å². The van der Waals surface area contributed by atoms with Gasteiger partial charge in [-0.15, -0.1) is 0 Å². The maximum atomic E-state index is 9.28. The summed E-state index contributed by atoms with van der Waals surface area (Å²) in [4.78, 5) is 0. The Morgan fingerprint density at radius 2 is 1.08 bits per heavy atom. The van der Waals surface area contributed by atoms with Gasteiger partial charge in [0.1, 0.15) is 12.4 Å². The van der Waals surface area contributed by atoms with Crippen LogP contribution in [0.4, 0.5) is 0 Å². The van der Waals surface area contributed by atoms with Crippen molar-refractivity contribution < 1.29 is 28.8 Å². The van der Waals surface area contributed by atoms with E-state index in [0.717, 1.165) is 12.2 Å². The molecule has 0 aliphatic heterocycles. The van der Waals surface area contributed by atoms with Crippen LogP contribution in [0.5, 0.6) is 5.75 Å². The highest BCUT2D eigenvalue weighted by molar-refractivity contribution is 5.33. The van der Waals surface area contributed by atoms with E-state index in [9.17, 15) is 5.11 Å². The predicted octanol–water partition coefficient (Wildman–Crippen LogP) is 6.36. The van der Waals surface area contributed by atoms with Crippen LogP contribution in [-0.2, 0) is 25.4 Å². The molecular weight excluding hydrogens is 456 g/mol. The number of ether oxygens (including phenoxy) is 5. The smallest absolute Gasteiger partial charge is 0.122 e. The Balaban J connectivity index is 2.20. The Hall–Kier alpha value is -1.18. The first-order valence-electron chi connectivity index (χ1n) is 14.2. The number of hydrogen-bond acceptors (Lipinski definition) is 6. The molecule has 0 aliphatic carbocycles. The number of unbranched alkanes of at least 4 members (excludes halogenated alkanes) is 6. The number of aryl methyl sites for hydroxylation is 1. The number of hydrogen-bond donors (Lipinski definition) is 1. The molecule has 36 heavy (non-hydrogen) atoms. The molecule has 0 amide bonds. The van der Waals surface area contributed by atoms with Gasteiger partial charge in [-0.3, -0.25) is 0 Å². The molecule has 0 fully saturated rings. The van der Waals surface area contributed by atoms with Gasteiger partial charge in [-0.1, -0.05) is 63.6 Å². The fourth-order valence-corrected chi connectivity index (χ4v) is 3.73. The van der Waals surface area contributed by atoms with Crippen molar-refractivity contribution in [2.45, 2.75) is 123 Å². The lowest BCUT2D eigenvalue weighted by Crippen LogP contribution is -2.29. The molecule has 1 aromatic rings. The van der Waals surface area contributed by atoms with Crippen molar-refractivity contribution in [3.05, 3.63) is 29.8 Å². The molecule has 0 heterocycles. The van der Waals surface area contributed by atoms with E-state index in [-0.39, 0.29) is 24.4 Å². The van der Waals surface area contributed by atoms with Gasteiger partial charge in [-0.25, -0.2) is 0 Å². The molecule has 0 saturated carbocycles. The van der Waals surface area contributed by atoms with E-state index in [1.165, 1.54) is 50.5 Å². The van der Waals surface area contributed by atoms with E-state index in [2.05, 4.69) is 25.1 Å². The topological polar surface area (TPSA) is 66.4 Å². The third-order valence-electron chi connectivity index (χ3n) is 5.96. The highest BCUT2D eigenvalue weighted by Crippen LogP contribution is 2.21. The first-order valence-corrected chi connectivity index (χ1v) is 14.2. The lowest BCUT2D eigenvalue weighted by molar-refractivity contribution is -0.0930. The average Bonchev–Trinajstić information content (AvgIpc) is 2.87. The summed E-state index contributed by atoms with van der Waals surface area (Å²) < 4.78 is 29.2. The maximum Gasteiger partial charge on any atom is 0.122 e. The molecule has 6 heteroatoms. The fraction of sp³-hybridized carbons (Fsp3) is 0.800. The monoisotopic (exact) mass is 510 g/mol. The van der Waals surface area contributed by atoms with E-state index in [1.807, 2.05) is 33.8 Å². The van der Waals surface area contributed by atoms with Gasteiger partial charge in [-0.2, -0.15) is 0 Å². The fourth-order valence-electron chi connectivity index (χ4n) is 3.73. The second-order valence-electron chi connectivity index (χ2n) is 10.2. The molecule has 1 N–H and O–H groups in total. The number of benzene rings is 1. The largest absolute Gasteiger partial charge is 0.491 e. The van der Waals surface area contributed by atoms with Gasteiger partial charge in [-0.05, 0) is 59.1 Å². The summed E-state index contributed by atoms with van der Waals surface area (Å²) in [5.41, 5.74) is 1.29. The first-order chi connectivity index (χ1) is 17.3. The summed E-state index contributed by atoms with van der Waals surface area (Å²) in [6.07, 6.45) is 9.64. The molecule has 0 spiro atoms. The predicted molar refractivity (Wildman–Crippen MR) is 147 cm³/mol. The van der Waals surface area contributed by atoms with Crippen molar-refractivity contribution >= 4 is 0 Å². The van der Waals surface area contributed by atoms with Gasteiger partial charge in [0.15, 0.2) is 0 Å². The minimum Gasteiger partial charge on any atom is -0.491 e. The zero-order valence-electron chi connectivity index (χ0n) is 23.9. The molecule has 1 rings (SSSR count). The molecule has 210 valence electrons. The molecule has 5 atom stereocenters. The van der Waals surface area contributed by atoms with Crippen LogP contribution >= 0.6 is 0 Å². The Morgan fingerprint density at radius 3 is 1.64 bits per heavy atom. The summed E-state index contributed by atoms with van der Waals surface area (Å²) in [6.45, 7) is 14.2. The van der Waals surface area contributed by atoms with Crippen molar-refractivity contribution in [3.8, 4) is 5.75 Å². The third-order valence-corrected chi connectivity index (χ3v) is 5.96. The van der Waals surface area contributed by atoms with E-state index in [0.29, 0.717) is 33.0 Å². The van der Waals surface area contributed by atoms with Gasteiger partial charge >= 0.3 is 0 Å². The van der Waals surface area contributed by atoms with Crippen LogP contribution < -0.4 is 4.74 Å². The number of rotatable bonds is 23. The minimum atomic E-state index is -0.466. The van der Waals surface area contributed by atoms with Crippen molar-refractivity contribution in [3.63, 3.8) is 0 Å². The van der Waals surface area contributed by atoms with E-state index in [1.54, 1.807) is 6.92 Å². The second kappa shape index (κ2) is 20.8. The highest BCUT2D eigenvalue weighted by Gasteiger charge is 2.13. The van der Waals surface area contributed by atoms with Gasteiger partial charge in [0.05, 0.1) is 56.9 Å². The van der Waals surface area contributed by atoms with Crippen LogP contribution in [0.1, 0.15) is 92.1 Å². The minimum absolute atomic E-state index is 0.0248. The maximum absolute atomic E-state index is 9.28. The number of aliphatic hydroxyl groups is 1. The molecule has 0 saturated heterocycles. The molecule has 0 radical (unpaired) electrons. The zero-order valence-corrected chi connectivity index (χ0v) is 23.9. The van der Waals surface area contributed by atoms with Crippen LogP contribution in [0.25, 0.3) is 0 Å². The molecule has 0 aromatic heterocycles. The van der Waals surface area contributed by atoms with E-state index >= 15 is 0 Å². The van der Waals surface area contributed by atoms with Crippen LogP contribution in [0.3, 0.4) is 0 Å². The number of para-hydroxylation sites is 1. The SMILES string of the molecule is CCCCCCCCCc1ccccc1OCC(C)OCC(C)OCC(C)OCC(C)OCC(C)O. The van der Waals surface area contributed by atoms with Crippen molar-refractivity contribution in [1.29, 1.82) is 0 Å². The lowest BCUT2D eigenvalue weighted by atomic mass is 10.0. The summed E-state index contributed by atoms with van der Waals surface area (Å²) in [7, 11) is 0. The molecule has 1 aromatic carbocycles. The van der Waals surface area contributed by atoms with Gasteiger partial charge < -0.3 is 28.8 Å². The standard InChI is InChI=1S/C30H54O6/c1-7-8-9-10-11-12-13-16-29-17-14-15-18-30(29)36-23-28(6)35-22-27(5)34-21-26(4)33-20-25(3)32-19-24(2)31/h14-15,17-18,24-28,31H,7-13,16,19-23H2,1-6H3. The normalized spacial score (nSPS) is 15.9. The molecule has 0 aliphatic rings. The molecule has 6 nitrogen and oxygen atoms in total. The molecular formula is C30H54O6. The van der Waals surface area contributed by atoms with Crippen LogP contribution in [-0.4, -0.2) is 68.7 Å². The second-order valence-corrected chi connectivity index (χ2v) is 10.2. The van der Waals surface area contributed by atoms with Crippen LogP contribution in [0.2, 0.25) is 0 Å². The lowest BCUT2D eigenvalue weighted by Gasteiger charge is -2.22. The zero-order chi connectivity index (χ0) is 26.6.